The van der Waals surface area contributed by atoms with Gasteiger partial charge in [-0.15, -0.1) is 0 Å². The van der Waals surface area contributed by atoms with Crippen LogP contribution in [0.3, 0.4) is 0 Å². The van der Waals surface area contributed by atoms with Gasteiger partial charge in [0.15, 0.2) is 0 Å². The van der Waals surface area contributed by atoms with E-state index in [2.05, 4.69) is 10.9 Å². The summed E-state index contributed by atoms with van der Waals surface area (Å²) in [5.74, 6) is 0.841. The van der Waals surface area contributed by atoms with Crippen molar-refractivity contribution in [1.82, 2.24) is 10.9 Å². The molecule has 0 saturated carbocycles. The second-order valence-corrected chi connectivity index (χ2v) is 5.35. The molecule has 4 nitrogen and oxygen atoms in total. The van der Waals surface area contributed by atoms with Gasteiger partial charge in [0.1, 0.15) is 5.75 Å². The molecule has 1 aromatic carbocycles. The van der Waals surface area contributed by atoms with Crippen LogP contribution < -0.4 is 15.6 Å². The molecule has 0 unspecified atom stereocenters. The number of amides is 1. The SMILES string of the molecule is CNNC(=O)C(C)(C)c1cc(C)c(OC)c(C)c1C. The minimum atomic E-state index is -0.602. The number of aryl methyl sites for hydroxylation is 1. The molecule has 0 aliphatic carbocycles. The van der Waals surface area contributed by atoms with Crippen LogP contribution in [0.5, 0.6) is 5.75 Å². The van der Waals surface area contributed by atoms with E-state index in [4.69, 9.17) is 4.74 Å². The van der Waals surface area contributed by atoms with Gasteiger partial charge in [0, 0.05) is 7.05 Å². The molecular weight excluding hydrogens is 240 g/mol. The van der Waals surface area contributed by atoms with Crippen molar-refractivity contribution < 1.29 is 9.53 Å². The maximum atomic E-state index is 12.2. The van der Waals surface area contributed by atoms with Crippen LogP contribution in [-0.2, 0) is 10.2 Å². The molecule has 0 saturated heterocycles. The zero-order valence-corrected chi connectivity index (χ0v) is 12.9. The van der Waals surface area contributed by atoms with Gasteiger partial charge in [0.05, 0.1) is 12.5 Å². The minimum Gasteiger partial charge on any atom is -0.496 e. The van der Waals surface area contributed by atoms with Crippen LogP contribution in [-0.4, -0.2) is 20.1 Å². The Morgan fingerprint density at radius 1 is 1.21 bits per heavy atom. The average molecular weight is 264 g/mol. The molecule has 0 spiro atoms. The molecule has 0 heterocycles. The quantitative estimate of drug-likeness (QED) is 0.819. The Morgan fingerprint density at radius 3 is 2.26 bits per heavy atom. The van der Waals surface area contributed by atoms with E-state index in [0.29, 0.717) is 0 Å². The molecule has 0 radical (unpaired) electrons. The Labute approximate surface area is 115 Å². The van der Waals surface area contributed by atoms with Gasteiger partial charge in [0.25, 0.3) is 0 Å². The number of ether oxygens (including phenoxy) is 1. The van der Waals surface area contributed by atoms with Gasteiger partial charge in [0.2, 0.25) is 5.91 Å². The lowest BCUT2D eigenvalue weighted by Crippen LogP contribution is -2.45. The van der Waals surface area contributed by atoms with Crippen LogP contribution in [0.25, 0.3) is 0 Å². The molecule has 0 bridgehead atoms. The third-order valence-electron chi connectivity index (χ3n) is 3.71. The first-order chi connectivity index (χ1) is 8.77. The summed E-state index contributed by atoms with van der Waals surface area (Å²) < 4.78 is 5.42. The largest absolute Gasteiger partial charge is 0.496 e. The van der Waals surface area contributed by atoms with E-state index in [9.17, 15) is 4.79 Å². The van der Waals surface area contributed by atoms with Crippen molar-refractivity contribution >= 4 is 5.91 Å². The van der Waals surface area contributed by atoms with Gasteiger partial charge in [-0.05, 0) is 56.9 Å². The highest BCUT2D eigenvalue weighted by molar-refractivity contribution is 5.87. The summed E-state index contributed by atoms with van der Waals surface area (Å²) in [6.45, 7) is 9.90. The van der Waals surface area contributed by atoms with Gasteiger partial charge < -0.3 is 4.74 Å². The van der Waals surface area contributed by atoms with E-state index < -0.39 is 5.41 Å². The van der Waals surface area contributed by atoms with E-state index in [0.717, 1.165) is 28.0 Å². The topological polar surface area (TPSA) is 50.4 Å². The van der Waals surface area contributed by atoms with Crippen molar-refractivity contribution in [2.45, 2.75) is 40.0 Å². The predicted octanol–water partition coefficient (Wildman–Crippen LogP) is 2.15. The van der Waals surface area contributed by atoms with E-state index in [1.165, 1.54) is 0 Å². The van der Waals surface area contributed by atoms with Crippen molar-refractivity contribution in [1.29, 1.82) is 0 Å². The predicted molar refractivity (Wildman–Crippen MR) is 77.4 cm³/mol. The fourth-order valence-electron chi connectivity index (χ4n) is 2.41. The van der Waals surface area contributed by atoms with Crippen molar-refractivity contribution in [3.8, 4) is 5.75 Å². The molecule has 0 atom stereocenters. The normalized spacial score (nSPS) is 11.3. The van der Waals surface area contributed by atoms with Crippen LogP contribution in [0.2, 0.25) is 0 Å². The molecule has 19 heavy (non-hydrogen) atoms. The minimum absolute atomic E-state index is 0.0536. The van der Waals surface area contributed by atoms with Gasteiger partial charge >= 0.3 is 0 Å². The lowest BCUT2D eigenvalue weighted by Gasteiger charge is -2.28. The Balaban J connectivity index is 3.40. The molecule has 1 aromatic rings. The number of rotatable bonds is 4. The molecule has 1 amide bonds. The number of benzene rings is 1. The van der Waals surface area contributed by atoms with Crippen LogP contribution in [0.4, 0.5) is 0 Å². The number of hydrogen-bond donors (Lipinski definition) is 2. The summed E-state index contributed by atoms with van der Waals surface area (Å²) in [6.07, 6.45) is 0. The molecule has 1 rings (SSSR count). The molecule has 0 aliphatic rings. The van der Waals surface area contributed by atoms with Crippen molar-refractivity contribution in [3.63, 3.8) is 0 Å². The number of nitrogens with one attached hydrogen (secondary N) is 2. The first-order valence-electron chi connectivity index (χ1n) is 6.39. The fourth-order valence-corrected chi connectivity index (χ4v) is 2.41. The van der Waals surface area contributed by atoms with E-state index in [-0.39, 0.29) is 5.91 Å². The number of hydrazine groups is 1. The fraction of sp³-hybridized carbons (Fsp3) is 0.533. The first kappa shape index (κ1) is 15.5. The maximum Gasteiger partial charge on any atom is 0.244 e. The van der Waals surface area contributed by atoms with Gasteiger partial charge in [-0.3, -0.25) is 10.2 Å². The number of carbonyl (C=O) groups excluding carboxylic acids is 1. The van der Waals surface area contributed by atoms with E-state index in [1.54, 1.807) is 14.2 Å². The zero-order chi connectivity index (χ0) is 14.8. The third-order valence-corrected chi connectivity index (χ3v) is 3.71. The Bertz CT molecular complexity index is 493. The van der Waals surface area contributed by atoms with Crippen molar-refractivity contribution in [3.05, 3.63) is 28.3 Å². The second kappa shape index (κ2) is 5.61. The lowest BCUT2D eigenvalue weighted by molar-refractivity contribution is -0.126. The molecule has 106 valence electrons. The number of methoxy groups -OCH3 is 1. The highest BCUT2D eigenvalue weighted by atomic mass is 16.5. The summed E-state index contributed by atoms with van der Waals surface area (Å²) in [5, 5.41) is 0. The summed E-state index contributed by atoms with van der Waals surface area (Å²) >= 11 is 0. The first-order valence-corrected chi connectivity index (χ1v) is 6.39. The maximum absolute atomic E-state index is 12.2. The summed E-state index contributed by atoms with van der Waals surface area (Å²) in [5.41, 5.74) is 9.00. The highest BCUT2D eigenvalue weighted by Crippen LogP contribution is 2.35. The molecular formula is C15H24N2O2. The summed E-state index contributed by atoms with van der Waals surface area (Å²) in [6, 6.07) is 2.04. The standard InChI is InChI=1S/C15H24N2O2/c1-9-8-12(10(2)11(3)13(9)19-7)15(4,5)14(18)17-16-6/h8,16H,1-7H3,(H,17,18). The smallest absolute Gasteiger partial charge is 0.244 e. The number of carbonyl (C=O) groups is 1. The van der Waals surface area contributed by atoms with Crippen molar-refractivity contribution in [2.24, 2.45) is 0 Å². The van der Waals surface area contributed by atoms with Crippen LogP contribution in [0.1, 0.15) is 36.1 Å². The van der Waals surface area contributed by atoms with Crippen LogP contribution in [0, 0.1) is 20.8 Å². The third kappa shape index (κ3) is 2.73. The van der Waals surface area contributed by atoms with Crippen LogP contribution in [0.15, 0.2) is 6.07 Å². The van der Waals surface area contributed by atoms with Crippen LogP contribution >= 0.6 is 0 Å². The van der Waals surface area contributed by atoms with Crippen molar-refractivity contribution in [2.75, 3.05) is 14.2 Å². The van der Waals surface area contributed by atoms with Gasteiger partial charge in [-0.1, -0.05) is 6.07 Å². The summed E-state index contributed by atoms with van der Waals surface area (Å²) in [4.78, 5) is 12.2. The van der Waals surface area contributed by atoms with Gasteiger partial charge in [-0.2, -0.15) is 0 Å². The average Bonchev–Trinajstić information content (AvgIpc) is 2.34. The van der Waals surface area contributed by atoms with E-state index >= 15 is 0 Å². The zero-order valence-electron chi connectivity index (χ0n) is 12.9. The summed E-state index contributed by atoms with van der Waals surface area (Å²) in [7, 11) is 3.36. The lowest BCUT2D eigenvalue weighted by atomic mass is 9.79. The molecule has 0 aliphatic heterocycles. The molecule has 0 aromatic heterocycles. The Kier molecular flexibility index (Phi) is 4.58. The monoisotopic (exact) mass is 264 g/mol. The second-order valence-electron chi connectivity index (χ2n) is 5.35. The Hall–Kier alpha value is -1.55. The van der Waals surface area contributed by atoms with E-state index in [1.807, 2.05) is 40.7 Å². The molecule has 4 heteroatoms. The Morgan fingerprint density at radius 2 is 1.79 bits per heavy atom. The molecule has 0 fully saturated rings. The highest BCUT2D eigenvalue weighted by Gasteiger charge is 2.32. The number of hydrogen-bond acceptors (Lipinski definition) is 3. The molecule has 2 N–H and O–H groups in total. The van der Waals surface area contributed by atoms with Gasteiger partial charge in [-0.25, -0.2) is 5.43 Å².